The van der Waals surface area contributed by atoms with Gasteiger partial charge in [0, 0.05) is 31.8 Å². The Morgan fingerprint density at radius 3 is 2.91 bits per heavy atom. The highest BCUT2D eigenvalue weighted by Gasteiger charge is 2.31. The van der Waals surface area contributed by atoms with E-state index >= 15 is 0 Å². The number of benzene rings is 1. The minimum Gasteiger partial charge on any atom is -0.435 e. The third kappa shape index (κ3) is 3.92. The number of carbonyl (C=O) groups is 1. The average Bonchev–Trinajstić information content (AvgIpc) is 2.53. The summed E-state index contributed by atoms with van der Waals surface area (Å²) in [6.45, 7) is -2.06. The molecule has 1 aliphatic rings. The minimum atomic E-state index is -2.92. The first-order valence-corrected chi connectivity index (χ1v) is 7.13. The second-order valence-electron chi connectivity index (χ2n) is 5.18. The summed E-state index contributed by atoms with van der Waals surface area (Å²) >= 11 is 0. The fraction of sp³-hybridized carbons (Fsp3) is 0.533. The number of methoxy groups -OCH3 is 1. The SMILES string of the molecule is COC1CCN(C(=O)c2cccc(OC(F)F)c2)C(CN)C1. The summed E-state index contributed by atoms with van der Waals surface area (Å²) in [6.07, 6.45) is 1.49. The number of hydrogen-bond acceptors (Lipinski definition) is 4. The lowest BCUT2D eigenvalue weighted by Gasteiger charge is -2.38. The Hall–Kier alpha value is -1.73. The molecule has 1 aromatic rings. The lowest BCUT2D eigenvalue weighted by molar-refractivity contribution is -0.0499. The number of likely N-dealkylation sites (tertiary alicyclic amines) is 1. The van der Waals surface area contributed by atoms with Crippen molar-refractivity contribution in [2.75, 3.05) is 20.2 Å². The van der Waals surface area contributed by atoms with Crippen LogP contribution in [0, 0.1) is 0 Å². The average molecular weight is 314 g/mol. The predicted molar refractivity (Wildman–Crippen MR) is 77.0 cm³/mol. The Morgan fingerprint density at radius 1 is 1.50 bits per heavy atom. The zero-order chi connectivity index (χ0) is 16.1. The molecule has 0 aromatic heterocycles. The third-order valence-corrected chi connectivity index (χ3v) is 3.84. The van der Waals surface area contributed by atoms with E-state index in [-0.39, 0.29) is 23.8 Å². The molecule has 0 saturated carbocycles. The zero-order valence-electron chi connectivity index (χ0n) is 12.4. The van der Waals surface area contributed by atoms with Gasteiger partial charge in [-0.2, -0.15) is 8.78 Å². The lowest BCUT2D eigenvalue weighted by Crippen LogP contribution is -2.51. The Kier molecular flexibility index (Phi) is 5.68. The van der Waals surface area contributed by atoms with E-state index in [1.54, 1.807) is 18.1 Å². The van der Waals surface area contributed by atoms with Crippen molar-refractivity contribution in [1.82, 2.24) is 4.90 Å². The molecule has 0 bridgehead atoms. The van der Waals surface area contributed by atoms with E-state index in [0.717, 1.165) is 6.42 Å². The molecule has 1 fully saturated rings. The van der Waals surface area contributed by atoms with Crippen LogP contribution in [0.5, 0.6) is 5.75 Å². The molecule has 5 nitrogen and oxygen atoms in total. The monoisotopic (exact) mass is 314 g/mol. The Labute approximate surface area is 128 Å². The molecule has 2 unspecified atom stereocenters. The van der Waals surface area contributed by atoms with Crippen molar-refractivity contribution in [3.8, 4) is 5.75 Å². The molecule has 1 amide bonds. The highest BCUT2D eigenvalue weighted by molar-refractivity contribution is 5.95. The number of carbonyl (C=O) groups excluding carboxylic acids is 1. The van der Waals surface area contributed by atoms with Gasteiger partial charge in [-0.05, 0) is 31.0 Å². The molecule has 0 spiro atoms. The van der Waals surface area contributed by atoms with Crippen LogP contribution in [0.1, 0.15) is 23.2 Å². The van der Waals surface area contributed by atoms with Gasteiger partial charge in [0.25, 0.3) is 5.91 Å². The number of alkyl halides is 2. The van der Waals surface area contributed by atoms with Crippen LogP contribution in [0.3, 0.4) is 0 Å². The van der Waals surface area contributed by atoms with E-state index in [1.165, 1.54) is 18.2 Å². The molecular formula is C15H20F2N2O3. The molecule has 2 atom stereocenters. The van der Waals surface area contributed by atoms with Gasteiger partial charge in [0.15, 0.2) is 0 Å². The largest absolute Gasteiger partial charge is 0.435 e. The standard InChI is InChI=1S/C15H20F2N2O3/c1-21-12-5-6-19(11(8-12)9-18)14(20)10-3-2-4-13(7-10)22-15(16)17/h2-4,7,11-12,15H,5-6,8-9,18H2,1H3. The molecule has 1 saturated heterocycles. The second kappa shape index (κ2) is 7.51. The predicted octanol–water partition coefficient (Wildman–Crippen LogP) is 1.87. The van der Waals surface area contributed by atoms with Crippen molar-refractivity contribution >= 4 is 5.91 Å². The number of ether oxygens (including phenoxy) is 2. The lowest BCUT2D eigenvalue weighted by atomic mass is 9.98. The molecule has 22 heavy (non-hydrogen) atoms. The van der Waals surface area contributed by atoms with Crippen molar-refractivity contribution in [1.29, 1.82) is 0 Å². The van der Waals surface area contributed by atoms with Crippen LogP contribution in [-0.2, 0) is 4.74 Å². The number of piperidine rings is 1. The van der Waals surface area contributed by atoms with E-state index in [9.17, 15) is 13.6 Å². The topological polar surface area (TPSA) is 64.8 Å². The Morgan fingerprint density at radius 2 is 2.27 bits per heavy atom. The molecule has 2 rings (SSSR count). The van der Waals surface area contributed by atoms with Crippen LogP contribution in [-0.4, -0.2) is 49.8 Å². The van der Waals surface area contributed by atoms with Crippen molar-refractivity contribution in [3.05, 3.63) is 29.8 Å². The molecule has 1 aromatic carbocycles. The van der Waals surface area contributed by atoms with Gasteiger partial charge in [0.2, 0.25) is 0 Å². The van der Waals surface area contributed by atoms with Crippen LogP contribution in [0.25, 0.3) is 0 Å². The van der Waals surface area contributed by atoms with Crippen LogP contribution in [0.2, 0.25) is 0 Å². The molecule has 1 aliphatic heterocycles. The number of nitrogens with two attached hydrogens (primary N) is 1. The molecule has 7 heteroatoms. The first-order chi connectivity index (χ1) is 10.5. The normalized spacial score (nSPS) is 22.0. The van der Waals surface area contributed by atoms with Gasteiger partial charge < -0.3 is 20.1 Å². The summed E-state index contributed by atoms with van der Waals surface area (Å²) in [7, 11) is 1.64. The number of amides is 1. The van der Waals surface area contributed by atoms with Crippen LogP contribution >= 0.6 is 0 Å². The van der Waals surface area contributed by atoms with E-state index in [0.29, 0.717) is 25.1 Å². The quantitative estimate of drug-likeness (QED) is 0.901. The Balaban J connectivity index is 2.13. The van der Waals surface area contributed by atoms with Gasteiger partial charge in [-0.1, -0.05) is 6.07 Å². The highest BCUT2D eigenvalue weighted by atomic mass is 19.3. The van der Waals surface area contributed by atoms with Crippen LogP contribution < -0.4 is 10.5 Å². The van der Waals surface area contributed by atoms with E-state index in [1.807, 2.05) is 0 Å². The summed E-state index contributed by atoms with van der Waals surface area (Å²) in [5, 5.41) is 0. The maximum Gasteiger partial charge on any atom is 0.387 e. The van der Waals surface area contributed by atoms with Crippen molar-refractivity contribution < 1.29 is 23.0 Å². The fourth-order valence-electron chi connectivity index (χ4n) is 2.69. The number of rotatable bonds is 5. The highest BCUT2D eigenvalue weighted by Crippen LogP contribution is 2.23. The molecule has 1 heterocycles. The first-order valence-electron chi connectivity index (χ1n) is 7.13. The number of hydrogen-bond donors (Lipinski definition) is 1. The maximum absolute atomic E-state index is 12.6. The van der Waals surface area contributed by atoms with E-state index < -0.39 is 6.61 Å². The summed E-state index contributed by atoms with van der Waals surface area (Å²) in [5.41, 5.74) is 6.06. The summed E-state index contributed by atoms with van der Waals surface area (Å²) in [5.74, 6) is -0.262. The molecule has 0 aliphatic carbocycles. The van der Waals surface area contributed by atoms with Gasteiger partial charge in [0.1, 0.15) is 5.75 Å². The smallest absolute Gasteiger partial charge is 0.387 e. The van der Waals surface area contributed by atoms with E-state index in [4.69, 9.17) is 10.5 Å². The molecular weight excluding hydrogens is 294 g/mol. The first kappa shape index (κ1) is 16.6. The van der Waals surface area contributed by atoms with Gasteiger partial charge >= 0.3 is 6.61 Å². The Bertz CT molecular complexity index is 513. The van der Waals surface area contributed by atoms with Crippen LogP contribution in [0.15, 0.2) is 24.3 Å². The minimum absolute atomic E-state index is 0.0306. The van der Waals surface area contributed by atoms with E-state index in [2.05, 4.69) is 4.74 Å². The van der Waals surface area contributed by atoms with Crippen molar-refractivity contribution in [2.24, 2.45) is 5.73 Å². The van der Waals surface area contributed by atoms with Gasteiger partial charge in [-0.15, -0.1) is 0 Å². The summed E-state index contributed by atoms with van der Waals surface area (Å²) < 4.78 is 34.2. The zero-order valence-corrected chi connectivity index (χ0v) is 12.4. The van der Waals surface area contributed by atoms with Gasteiger partial charge in [-0.25, -0.2) is 0 Å². The fourth-order valence-corrected chi connectivity index (χ4v) is 2.69. The molecule has 2 N–H and O–H groups in total. The van der Waals surface area contributed by atoms with Crippen molar-refractivity contribution in [3.63, 3.8) is 0 Å². The summed E-state index contributed by atoms with van der Waals surface area (Å²) in [4.78, 5) is 14.3. The van der Waals surface area contributed by atoms with Gasteiger partial charge in [-0.3, -0.25) is 4.79 Å². The summed E-state index contributed by atoms with van der Waals surface area (Å²) in [6, 6.07) is 5.69. The van der Waals surface area contributed by atoms with Crippen LogP contribution in [0.4, 0.5) is 8.78 Å². The second-order valence-corrected chi connectivity index (χ2v) is 5.18. The molecule has 122 valence electrons. The van der Waals surface area contributed by atoms with Crippen molar-refractivity contribution in [2.45, 2.75) is 31.6 Å². The third-order valence-electron chi connectivity index (χ3n) is 3.84. The molecule has 0 radical (unpaired) electrons. The maximum atomic E-state index is 12.6. The van der Waals surface area contributed by atoms with Gasteiger partial charge in [0.05, 0.1) is 6.10 Å². The number of nitrogens with zero attached hydrogens (tertiary/aromatic N) is 1. The number of halogens is 2.